The van der Waals surface area contributed by atoms with Crippen LogP contribution in [0, 0.1) is 0 Å². The number of hydrogen-bond donors (Lipinski definition) is 1. The molecule has 1 aromatic carbocycles. The number of nitrogens with one attached hydrogen (secondary N) is 1. The molecule has 0 atom stereocenters. The molecular weight excluding hydrogens is 226 g/mol. The summed E-state index contributed by atoms with van der Waals surface area (Å²) in [5, 5.41) is 7.45. The van der Waals surface area contributed by atoms with Gasteiger partial charge in [-0.15, -0.1) is 0 Å². The van der Waals surface area contributed by atoms with E-state index in [9.17, 15) is 0 Å². The molecule has 1 aromatic heterocycles. The fourth-order valence-electron chi connectivity index (χ4n) is 2.61. The maximum atomic E-state index is 5.39. The minimum absolute atomic E-state index is 0.526. The minimum atomic E-state index is 0.526. The number of aromatic nitrogens is 2. The van der Waals surface area contributed by atoms with Crippen LogP contribution >= 0.6 is 0 Å². The van der Waals surface area contributed by atoms with Crippen LogP contribution in [0.25, 0.3) is 11.5 Å². The Kier molecular flexibility index (Phi) is 2.23. The molecule has 2 heterocycles. The largest absolute Gasteiger partial charge is 0.334 e. The Morgan fingerprint density at radius 2 is 2.06 bits per heavy atom. The third kappa shape index (κ3) is 1.56. The van der Waals surface area contributed by atoms with Gasteiger partial charge in [-0.2, -0.15) is 4.98 Å². The van der Waals surface area contributed by atoms with Gasteiger partial charge in [0.2, 0.25) is 0 Å². The average Bonchev–Trinajstić information content (AvgIpc) is 2.93. The molecule has 0 saturated heterocycles. The van der Waals surface area contributed by atoms with Gasteiger partial charge in [0.05, 0.1) is 0 Å². The molecular formula is C14H15N3O. The monoisotopic (exact) mass is 241 g/mol. The van der Waals surface area contributed by atoms with Crippen LogP contribution in [-0.4, -0.2) is 10.1 Å². The van der Waals surface area contributed by atoms with Gasteiger partial charge in [0.1, 0.15) is 0 Å². The topological polar surface area (TPSA) is 51.0 Å². The van der Waals surface area contributed by atoms with Crippen LogP contribution in [0.4, 0.5) is 0 Å². The fraction of sp³-hybridized carbons (Fsp3) is 0.429. The van der Waals surface area contributed by atoms with Gasteiger partial charge >= 0.3 is 0 Å². The molecule has 4 heteroatoms. The normalized spacial score (nSPS) is 18.7. The van der Waals surface area contributed by atoms with Gasteiger partial charge < -0.3 is 9.84 Å². The zero-order valence-corrected chi connectivity index (χ0v) is 10.1. The molecule has 2 aromatic rings. The molecule has 1 aliphatic carbocycles. The van der Waals surface area contributed by atoms with Crippen molar-refractivity contribution < 1.29 is 4.52 Å². The first kappa shape index (κ1) is 10.3. The third-order valence-electron chi connectivity index (χ3n) is 4.00. The highest BCUT2D eigenvalue weighted by molar-refractivity contribution is 5.56. The highest BCUT2D eigenvalue weighted by atomic mass is 16.5. The van der Waals surface area contributed by atoms with Gasteiger partial charge in [0, 0.05) is 24.6 Å². The van der Waals surface area contributed by atoms with Crippen molar-refractivity contribution in [3.63, 3.8) is 0 Å². The van der Waals surface area contributed by atoms with Gasteiger partial charge in [-0.3, -0.25) is 0 Å². The van der Waals surface area contributed by atoms with Gasteiger partial charge in [0.25, 0.3) is 5.89 Å². The van der Waals surface area contributed by atoms with E-state index in [4.69, 9.17) is 4.52 Å². The van der Waals surface area contributed by atoms with E-state index in [-0.39, 0.29) is 0 Å². The van der Waals surface area contributed by atoms with Crippen molar-refractivity contribution in [3.05, 3.63) is 35.2 Å². The van der Waals surface area contributed by atoms with Gasteiger partial charge in [-0.1, -0.05) is 17.6 Å². The van der Waals surface area contributed by atoms with Crippen LogP contribution < -0.4 is 5.32 Å². The summed E-state index contributed by atoms with van der Waals surface area (Å²) in [5.74, 6) is 2.07. The van der Waals surface area contributed by atoms with E-state index in [0.717, 1.165) is 24.5 Å². The first-order valence-electron chi connectivity index (χ1n) is 6.56. The van der Waals surface area contributed by atoms with E-state index in [1.165, 1.54) is 30.4 Å². The highest BCUT2D eigenvalue weighted by Gasteiger charge is 2.25. The van der Waals surface area contributed by atoms with Crippen molar-refractivity contribution in [1.29, 1.82) is 0 Å². The van der Waals surface area contributed by atoms with Gasteiger partial charge in [0.15, 0.2) is 5.82 Å². The molecule has 1 aliphatic heterocycles. The summed E-state index contributed by atoms with van der Waals surface area (Å²) in [5.41, 5.74) is 3.75. The summed E-state index contributed by atoms with van der Waals surface area (Å²) >= 11 is 0. The lowest BCUT2D eigenvalue weighted by Gasteiger charge is -2.20. The lowest BCUT2D eigenvalue weighted by Crippen LogP contribution is -2.10. The molecule has 4 rings (SSSR count). The second kappa shape index (κ2) is 3.92. The number of benzene rings is 1. The molecule has 4 nitrogen and oxygen atoms in total. The van der Waals surface area contributed by atoms with E-state index >= 15 is 0 Å². The van der Waals surface area contributed by atoms with Crippen LogP contribution in [0.1, 0.15) is 42.1 Å². The Bertz CT molecular complexity index is 586. The van der Waals surface area contributed by atoms with Gasteiger partial charge in [-0.05, 0) is 36.1 Å². The third-order valence-corrected chi connectivity index (χ3v) is 4.00. The summed E-state index contributed by atoms with van der Waals surface area (Å²) in [4.78, 5) is 4.53. The molecule has 0 radical (unpaired) electrons. The maximum Gasteiger partial charge on any atom is 0.257 e. The van der Waals surface area contributed by atoms with Gasteiger partial charge in [-0.25, -0.2) is 0 Å². The Labute approximate surface area is 105 Å². The summed E-state index contributed by atoms with van der Waals surface area (Å²) in [6.45, 7) is 1.90. The highest BCUT2D eigenvalue weighted by Crippen LogP contribution is 2.35. The summed E-state index contributed by atoms with van der Waals surface area (Å²) in [7, 11) is 0. The van der Waals surface area contributed by atoms with Crippen LogP contribution in [0.15, 0.2) is 22.7 Å². The molecule has 1 fully saturated rings. The van der Waals surface area contributed by atoms with E-state index in [2.05, 4.69) is 33.7 Å². The number of rotatable bonds is 2. The number of fused-ring (bicyclic) bond motifs is 1. The van der Waals surface area contributed by atoms with Crippen LogP contribution in [0.2, 0.25) is 0 Å². The number of hydrogen-bond acceptors (Lipinski definition) is 4. The minimum Gasteiger partial charge on any atom is -0.334 e. The zero-order chi connectivity index (χ0) is 11.9. The number of nitrogens with zero attached hydrogens (tertiary/aromatic N) is 2. The maximum absolute atomic E-state index is 5.39. The Balaban J connectivity index is 1.67. The van der Waals surface area contributed by atoms with Crippen molar-refractivity contribution in [2.24, 2.45) is 0 Å². The Hall–Kier alpha value is -1.68. The van der Waals surface area contributed by atoms with Crippen molar-refractivity contribution in [2.75, 3.05) is 0 Å². The first-order valence-corrected chi connectivity index (χ1v) is 6.56. The molecule has 1 saturated carbocycles. The Morgan fingerprint density at radius 3 is 2.89 bits per heavy atom. The molecule has 0 spiro atoms. The summed E-state index contributed by atoms with van der Waals surface area (Å²) in [6.07, 6.45) is 3.69. The first-order chi connectivity index (χ1) is 8.90. The van der Waals surface area contributed by atoms with Crippen molar-refractivity contribution in [1.82, 2.24) is 15.5 Å². The van der Waals surface area contributed by atoms with E-state index in [1.54, 1.807) is 0 Å². The van der Waals surface area contributed by atoms with Crippen molar-refractivity contribution in [2.45, 2.75) is 38.3 Å². The van der Waals surface area contributed by atoms with Crippen LogP contribution in [0.5, 0.6) is 0 Å². The standard InChI is InChI=1S/C14H15N3O/c1-2-9(3-1)13-16-14(18-17-13)10-4-5-11-7-15-8-12(11)6-10/h4-6,9,15H,1-3,7-8H2. The van der Waals surface area contributed by atoms with Crippen LogP contribution in [0.3, 0.4) is 0 Å². The lowest BCUT2D eigenvalue weighted by atomic mass is 9.85. The lowest BCUT2D eigenvalue weighted by molar-refractivity contribution is 0.366. The zero-order valence-electron chi connectivity index (χ0n) is 10.1. The molecule has 92 valence electrons. The summed E-state index contributed by atoms with van der Waals surface area (Å²) in [6, 6.07) is 6.38. The molecule has 0 amide bonds. The second-order valence-corrected chi connectivity index (χ2v) is 5.17. The molecule has 0 bridgehead atoms. The van der Waals surface area contributed by atoms with Crippen molar-refractivity contribution in [3.8, 4) is 11.5 Å². The smallest absolute Gasteiger partial charge is 0.257 e. The van der Waals surface area contributed by atoms with E-state index in [0.29, 0.717) is 11.8 Å². The Morgan fingerprint density at radius 1 is 1.17 bits per heavy atom. The summed E-state index contributed by atoms with van der Waals surface area (Å²) < 4.78 is 5.39. The van der Waals surface area contributed by atoms with Crippen molar-refractivity contribution >= 4 is 0 Å². The fourth-order valence-corrected chi connectivity index (χ4v) is 2.61. The SMILES string of the molecule is c1cc2c(cc1-c1nc(C3CCC3)no1)CNC2. The van der Waals surface area contributed by atoms with E-state index < -0.39 is 0 Å². The quantitative estimate of drug-likeness (QED) is 0.878. The average molecular weight is 241 g/mol. The molecule has 2 aliphatic rings. The van der Waals surface area contributed by atoms with E-state index in [1.807, 2.05) is 0 Å². The predicted octanol–water partition coefficient (Wildman–Crippen LogP) is 2.61. The molecule has 18 heavy (non-hydrogen) atoms. The second-order valence-electron chi connectivity index (χ2n) is 5.17. The molecule has 1 N–H and O–H groups in total. The van der Waals surface area contributed by atoms with Crippen LogP contribution in [-0.2, 0) is 13.1 Å². The predicted molar refractivity (Wildman–Crippen MR) is 66.9 cm³/mol. The molecule has 0 unspecified atom stereocenters.